The van der Waals surface area contributed by atoms with E-state index >= 15 is 0 Å². The molecule has 0 radical (unpaired) electrons. The normalized spacial score (nSPS) is 14.2. The average Bonchev–Trinajstić information content (AvgIpc) is 2.66. The molecule has 2 aromatic rings. The Morgan fingerprint density at radius 1 is 1.08 bits per heavy atom. The lowest BCUT2D eigenvalue weighted by atomic mass is 10.1. The highest BCUT2D eigenvalue weighted by molar-refractivity contribution is 6.31. The molecule has 0 aromatic heterocycles. The van der Waals surface area contributed by atoms with Crippen LogP contribution in [0.2, 0.25) is 5.02 Å². The molecule has 138 valence electrons. The minimum Gasteiger partial charge on any atom is -0.385 e. The summed E-state index contributed by atoms with van der Waals surface area (Å²) in [6, 6.07) is 14.0. The monoisotopic (exact) mass is 371 g/mol. The van der Waals surface area contributed by atoms with E-state index in [-0.39, 0.29) is 5.91 Å². The van der Waals surface area contributed by atoms with Gasteiger partial charge in [-0.1, -0.05) is 17.7 Å². The highest BCUT2D eigenvalue weighted by Gasteiger charge is 2.10. The maximum absolute atomic E-state index is 12.1. The third kappa shape index (κ3) is 5.15. The van der Waals surface area contributed by atoms with Crippen molar-refractivity contribution in [3.8, 4) is 0 Å². The molecule has 3 rings (SSSR count). The first-order valence-corrected chi connectivity index (χ1v) is 9.64. The fourth-order valence-corrected chi connectivity index (χ4v) is 3.38. The van der Waals surface area contributed by atoms with Crippen molar-refractivity contribution in [3.05, 3.63) is 53.1 Å². The van der Waals surface area contributed by atoms with Crippen LogP contribution >= 0.6 is 11.6 Å². The van der Waals surface area contributed by atoms with Crippen LogP contribution in [0.1, 0.15) is 31.2 Å². The van der Waals surface area contributed by atoms with Gasteiger partial charge < -0.3 is 15.5 Å². The molecule has 0 unspecified atom stereocenters. The fourth-order valence-electron chi connectivity index (χ4n) is 3.20. The van der Waals surface area contributed by atoms with Crippen molar-refractivity contribution < 1.29 is 4.79 Å². The maximum atomic E-state index is 12.1. The number of carbonyl (C=O) groups is 1. The van der Waals surface area contributed by atoms with Gasteiger partial charge in [-0.3, -0.25) is 4.79 Å². The Kier molecular flexibility index (Phi) is 6.40. The lowest BCUT2D eigenvalue weighted by Gasteiger charge is -2.28. The summed E-state index contributed by atoms with van der Waals surface area (Å²) in [7, 11) is 0. The van der Waals surface area contributed by atoms with E-state index in [1.807, 2.05) is 19.1 Å². The molecule has 2 N–H and O–H groups in total. The predicted molar refractivity (Wildman–Crippen MR) is 110 cm³/mol. The van der Waals surface area contributed by atoms with Gasteiger partial charge in [0.2, 0.25) is 5.91 Å². The van der Waals surface area contributed by atoms with Crippen molar-refractivity contribution in [1.82, 2.24) is 0 Å². The van der Waals surface area contributed by atoms with Gasteiger partial charge in [0.15, 0.2) is 0 Å². The third-order valence-corrected chi connectivity index (χ3v) is 4.98. The molecule has 2 aromatic carbocycles. The molecule has 0 atom stereocenters. The molecule has 1 aliphatic heterocycles. The second-order valence-electron chi connectivity index (χ2n) is 6.78. The zero-order valence-electron chi connectivity index (χ0n) is 15.2. The lowest BCUT2D eigenvalue weighted by molar-refractivity contribution is -0.115. The minimum absolute atomic E-state index is 0.0206. The number of piperidine rings is 1. The van der Waals surface area contributed by atoms with E-state index in [4.69, 9.17) is 11.6 Å². The highest BCUT2D eigenvalue weighted by atomic mass is 35.5. The minimum atomic E-state index is -0.0206. The SMILES string of the molecule is Cc1ccc(Cl)cc1NC(=O)CCNc1ccc(N2CCCCC2)cc1. The first-order valence-electron chi connectivity index (χ1n) is 9.27. The number of rotatable bonds is 6. The molecule has 4 nitrogen and oxygen atoms in total. The van der Waals surface area contributed by atoms with Gasteiger partial charge >= 0.3 is 0 Å². The smallest absolute Gasteiger partial charge is 0.226 e. The zero-order valence-corrected chi connectivity index (χ0v) is 16.0. The molecule has 1 heterocycles. The summed E-state index contributed by atoms with van der Waals surface area (Å²) in [6.45, 7) is 4.84. The number of anilines is 3. The van der Waals surface area contributed by atoms with Gasteiger partial charge in [0.1, 0.15) is 0 Å². The van der Waals surface area contributed by atoms with E-state index in [1.54, 1.807) is 6.07 Å². The lowest BCUT2D eigenvalue weighted by Crippen LogP contribution is -2.29. The van der Waals surface area contributed by atoms with Gasteiger partial charge in [0.05, 0.1) is 0 Å². The van der Waals surface area contributed by atoms with Gasteiger partial charge in [-0.15, -0.1) is 0 Å². The Morgan fingerprint density at radius 3 is 2.54 bits per heavy atom. The molecular formula is C21H26ClN3O. The molecule has 1 aliphatic rings. The number of carbonyl (C=O) groups excluding carboxylic acids is 1. The Balaban J connectivity index is 1.45. The zero-order chi connectivity index (χ0) is 18.4. The summed E-state index contributed by atoms with van der Waals surface area (Å²) in [4.78, 5) is 14.6. The van der Waals surface area contributed by atoms with Gasteiger partial charge in [-0.2, -0.15) is 0 Å². The summed E-state index contributed by atoms with van der Waals surface area (Å²) in [5, 5.41) is 6.85. The Labute approximate surface area is 160 Å². The van der Waals surface area contributed by atoms with Crippen molar-refractivity contribution in [2.45, 2.75) is 32.6 Å². The topological polar surface area (TPSA) is 44.4 Å². The van der Waals surface area contributed by atoms with Gasteiger partial charge in [-0.05, 0) is 68.1 Å². The van der Waals surface area contributed by atoms with Crippen molar-refractivity contribution in [3.63, 3.8) is 0 Å². The number of benzene rings is 2. The van der Waals surface area contributed by atoms with Crippen LogP contribution in [-0.4, -0.2) is 25.5 Å². The Hall–Kier alpha value is -2.20. The van der Waals surface area contributed by atoms with Crippen LogP contribution in [0, 0.1) is 6.92 Å². The second-order valence-corrected chi connectivity index (χ2v) is 7.22. The summed E-state index contributed by atoms with van der Waals surface area (Å²) in [5.41, 5.74) is 4.10. The Bertz CT molecular complexity index is 739. The van der Waals surface area contributed by atoms with E-state index in [1.165, 1.54) is 24.9 Å². The van der Waals surface area contributed by atoms with Crippen LogP contribution in [-0.2, 0) is 4.79 Å². The van der Waals surface area contributed by atoms with Crippen molar-refractivity contribution in [2.75, 3.05) is 35.2 Å². The maximum Gasteiger partial charge on any atom is 0.226 e. The summed E-state index contributed by atoms with van der Waals surface area (Å²) in [6.07, 6.45) is 4.30. The number of nitrogens with one attached hydrogen (secondary N) is 2. The van der Waals surface area contributed by atoms with Crippen molar-refractivity contribution in [1.29, 1.82) is 0 Å². The number of hydrogen-bond acceptors (Lipinski definition) is 3. The molecule has 0 aliphatic carbocycles. The van der Waals surface area contributed by atoms with Crippen LogP contribution in [0.3, 0.4) is 0 Å². The number of aryl methyl sites for hydroxylation is 1. The molecule has 26 heavy (non-hydrogen) atoms. The molecule has 5 heteroatoms. The molecule has 0 saturated carbocycles. The first kappa shape index (κ1) is 18.6. The van der Waals surface area contributed by atoms with Crippen LogP contribution in [0.15, 0.2) is 42.5 Å². The standard InChI is InChI=1S/C21H26ClN3O/c1-16-5-6-17(22)15-20(16)24-21(26)11-12-23-18-7-9-19(10-8-18)25-13-3-2-4-14-25/h5-10,15,23H,2-4,11-14H2,1H3,(H,24,26). The van der Waals surface area contributed by atoms with Crippen molar-refractivity contribution in [2.24, 2.45) is 0 Å². The van der Waals surface area contributed by atoms with Crippen LogP contribution in [0.4, 0.5) is 17.1 Å². The van der Waals surface area contributed by atoms with E-state index in [9.17, 15) is 4.79 Å². The Morgan fingerprint density at radius 2 is 1.81 bits per heavy atom. The summed E-state index contributed by atoms with van der Waals surface area (Å²) >= 11 is 5.99. The third-order valence-electron chi connectivity index (χ3n) is 4.74. The van der Waals surface area contributed by atoms with E-state index in [0.717, 1.165) is 30.0 Å². The number of hydrogen-bond donors (Lipinski definition) is 2. The van der Waals surface area contributed by atoms with E-state index in [0.29, 0.717) is 18.0 Å². The summed E-state index contributed by atoms with van der Waals surface area (Å²) < 4.78 is 0. The number of halogens is 1. The van der Waals surface area contributed by atoms with Gasteiger partial charge in [0, 0.05) is 48.1 Å². The van der Waals surface area contributed by atoms with Gasteiger partial charge in [-0.25, -0.2) is 0 Å². The van der Waals surface area contributed by atoms with Gasteiger partial charge in [0.25, 0.3) is 0 Å². The molecule has 1 saturated heterocycles. The number of amides is 1. The molecule has 0 bridgehead atoms. The van der Waals surface area contributed by atoms with Crippen LogP contribution < -0.4 is 15.5 Å². The molecule has 0 spiro atoms. The fraction of sp³-hybridized carbons (Fsp3) is 0.381. The number of nitrogens with zero attached hydrogens (tertiary/aromatic N) is 1. The molecular weight excluding hydrogens is 346 g/mol. The average molecular weight is 372 g/mol. The van der Waals surface area contributed by atoms with Crippen LogP contribution in [0.5, 0.6) is 0 Å². The molecule has 1 amide bonds. The largest absolute Gasteiger partial charge is 0.385 e. The molecule has 1 fully saturated rings. The van der Waals surface area contributed by atoms with E-state index in [2.05, 4.69) is 39.8 Å². The van der Waals surface area contributed by atoms with E-state index < -0.39 is 0 Å². The predicted octanol–water partition coefficient (Wildman–Crippen LogP) is 5.08. The second kappa shape index (κ2) is 8.95. The summed E-state index contributed by atoms with van der Waals surface area (Å²) in [5.74, 6) is -0.0206. The highest BCUT2D eigenvalue weighted by Crippen LogP contribution is 2.22. The quantitative estimate of drug-likeness (QED) is 0.744. The first-order chi connectivity index (χ1) is 12.6. The van der Waals surface area contributed by atoms with Crippen LogP contribution in [0.25, 0.3) is 0 Å². The van der Waals surface area contributed by atoms with Crippen molar-refractivity contribution >= 4 is 34.6 Å².